The number of rotatable bonds is 20. The molecule has 0 amide bonds. The van der Waals surface area contributed by atoms with Gasteiger partial charge in [-0.05, 0) is 31.8 Å². The van der Waals surface area contributed by atoms with Gasteiger partial charge < -0.3 is 130 Å². The van der Waals surface area contributed by atoms with Gasteiger partial charge in [0.05, 0.1) is 68.7 Å². The van der Waals surface area contributed by atoms with Crippen molar-refractivity contribution in [2.75, 3.05) is 38.9 Å². The molecule has 420 valence electrons. The van der Waals surface area contributed by atoms with E-state index in [1.807, 2.05) is 0 Å². The van der Waals surface area contributed by atoms with Gasteiger partial charge >= 0.3 is 0 Å². The molecule has 6 aliphatic rings. The van der Waals surface area contributed by atoms with E-state index in [1.165, 1.54) is 17.0 Å². The predicted octanol–water partition coefficient (Wildman–Crippen LogP) is -9.17. The highest BCUT2D eigenvalue weighted by molar-refractivity contribution is 6.21. The Hall–Kier alpha value is -1.58. The van der Waals surface area contributed by atoms with Gasteiger partial charge in [0, 0.05) is 12.2 Å². The lowest BCUT2D eigenvalue weighted by Gasteiger charge is -2.48. The van der Waals surface area contributed by atoms with Crippen molar-refractivity contribution in [3.8, 4) is 0 Å². The van der Waals surface area contributed by atoms with E-state index in [0.717, 1.165) is 0 Å². The number of aromatic nitrogens is 3. The molecule has 0 aromatic carbocycles. The van der Waals surface area contributed by atoms with Gasteiger partial charge in [-0.1, -0.05) is 11.3 Å². The molecule has 0 spiro atoms. The van der Waals surface area contributed by atoms with E-state index in [0.29, 0.717) is 5.69 Å². The number of nitrogens with zero attached hydrogens (tertiary/aromatic N) is 3. The molecule has 6 unspecified atom stereocenters. The maximum Gasteiger partial charge on any atom is 0.214 e. The Labute approximate surface area is 426 Å². The molecule has 0 radical (unpaired) electrons. The highest BCUT2D eigenvalue weighted by Crippen LogP contribution is 2.39. The second-order valence-electron chi connectivity index (χ2n) is 19.0. The second kappa shape index (κ2) is 25.5. The van der Waals surface area contributed by atoms with Crippen LogP contribution in [0.3, 0.4) is 0 Å². The van der Waals surface area contributed by atoms with E-state index < -0.39 is 197 Å². The first kappa shape index (κ1) is 59.1. The minimum Gasteiger partial charge on any atom is -0.394 e. The maximum atomic E-state index is 11.2. The molecular weight excluding hydrogens is 1030 g/mol. The summed E-state index contributed by atoms with van der Waals surface area (Å²) in [5.74, 6) is -2.70. The minimum atomic E-state index is -2.13. The number of nitrogens with one attached hydrogen (secondary N) is 1. The van der Waals surface area contributed by atoms with Gasteiger partial charge in [-0.3, -0.25) is 0 Å². The maximum absolute atomic E-state index is 11.2. The molecule has 7 rings (SSSR count). The molecule has 5 saturated heterocycles. The molecule has 5 aliphatic heterocycles. The zero-order valence-corrected chi connectivity index (χ0v) is 40.7. The summed E-state index contributed by atoms with van der Waals surface area (Å²) >= 11 is 12.2. The summed E-state index contributed by atoms with van der Waals surface area (Å²) < 4.78 is 53.0. The van der Waals surface area contributed by atoms with Crippen molar-refractivity contribution >= 4 is 23.2 Å². The van der Waals surface area contributed by atoms with Crippen LogP contribution in [0.4, 0.5) is 0 Å². The molecule has 31 heteroatoms. The first-order valence-corrected chi connectivity index (χ1v) is 24.7. The third-order valence-electron chi connectivity index (χ3n) is 14.0. The zero-order valence-electron chi connectivity index (χ0n) is 39.2. The lowest BCUT2D eigenvalue weighted by atomic mass is 9.87. The lowest BCUT2D eigenvalue weighted by Crippen LogP contribution is -2.66. The molecule has 73 heavy (non-hydrogen) atoms. The Kier molecular flexibility index (Phi) is 20.6. The van der Waals surface area contributed by atoms with E-state index in [9.17, 15) is 81.7 Å². The number of ether oxygens (including phenoxy) is 9. The second-order valence-corrected chi connectivity index (χ2v) is 19.7. The fourth-order valence-electron chi connectivity index (χ4n) is 9.63. The van der Waals surface area contributed by atoms with Crippen molar-refractivity contribution in [1.29, 1.82) is 0 Å². The van der Waals surface area contributed by atoms with Gasteiger partial charge in [-0.15, -0.1) is 28.3 Å². The molecule has 6 heterocycles. The average molecular weight is 1100 g/mol. The zero-order chi connectivity index (χ0) is 53.2. The fourth-order valence-corrected chi connectivity index (χ4v) is 10.2. The van der Waals surface area contributed by atoms with Gasteiger partial charge in [-0.2, -0.15) is 0 Å². The van der Waals surface area contributed by atoms with Crippen molar-refractivity contribution in [3.05, 3.63) is 23.5 Å². The average Bonchev–Trinajstić information content (AvgIpc) is 3.92. The van der Waals surface area contributed by atoms with E-state index in [-0.39, 0.29) is 38.0 Å². The van der Waals surface area contributed by atoms with Crippen LogP contribution in [0.2, 0.25) is 0 Å². The highest BCUT2D eigenvalue weighted by Gasteiger charge is 2.59. The topological polar surface area (TPSA) is 449 Å². The van der Waals surface area contributed by atoms with Crippen LogP contribution in [0.25, 0.3) is 0 Å². The molecule has 0 bridgehead atoms. The van der Waals surface area contributed by atoms with Crippen LogP contribution < -0.4 is 5.32 Å². The van der Waals surface area contributed by atoms with Crippen molar-refractivity contribution in [1.82, 2.24) is 20.3 Å². The first-order valence-electron chi connectivity index (χ1n) is 23.8. The molecular formula is C42H68Cl2N4O25. The number of aliphatic hydroxyl groups excluding tert-OH is 16. The Balaban J connectivity index is 0.866. The summed E-state index contributed by atoms with van der Waals surface area (Å²) in [5.41, 5.74) is 0.511. The van der Waals surface area contributed by atoms with Crippen LogP contribution >= 0.6 is 23.2 Å². The number of halogens is 2. The van der Waals surface area contributed by atoms with Crippen molar-refractivity contribution in [2.24, 2.45) is 0 Å². The third-order valence-corrected chi connectivity index (χ3v) is 14.9. The Bertz CT molecular complexity index is 1920. The van der Waals surface area contributed by atoms with E-state index in [2.05, 4.69) is 15.6 Å². The molecule has 1 aromatic rings. The van der Waals surface area contributed by atoms with Gasteiger partial charge in [0.15, 0.2) is 25.2 Å². The standard InChI is InChI=1S/C42H68Cl2N4O25/c1-14-17(45-18-5-15(9-49)25(54)29(58)26(18)55)6-19(53)38(66-14)70-35-23(12-52)69-40(34(63)31(35)60)71-36-22(11-51)68-39(33(62)30(36)59)65-4-2-3-16-7-48(47-46-16)8-20-27(56)37(64)42(13-43,72-20)73-41-32(61)28(57)24(44)21(10-50)67-41/h5,7,14,17-41,45,49-64H,2-4,6,8-13H2,1H3/t14?,17-,18-,19?,20+,21+,22?,23?,24-,25+,26-,27+,28-,29-,30+,31+,32+,33?,34?,35+,36+,37-,38+,39+,40+,41+,42-/m0/s1. The summed E-state index contributed by atoms with van der Waals surface area (Å²) in [6.45, 7) is -1.48. The number of aryl methyl sites for hydroxylation is 1. The monoisotopic (exact) mass is 1100 g/mol. The summed E-state index contributed by atoms with van der Waals surface area (Å²) in [5, 5.41) is 179. The first-order chi connectivity index (χ1) is 34.7. The number of aliphatic hydroxyl groups is 16. The smallest absolute Gasteiger partial charge is 0.214 e. The normalized spacial score (nSPS) is 47.7. The van der Waals surface area contributed by atoms with Crippen LogP contribution in [0.15, 0.2) is 17.8 Å². The fraction of sp³-hybridized carbons (Fsp3) is 0.905. The predicted molar refractivity (Wildman–Crippen MR) is 237 cm³/mol. The van der Waals surface area contributed by atoms with Gasteiger partial charge in [0.2, 0.25) is 5.79 Å². The lowest BCUT2D eigenvalue weighted by molar-refractivity contribution is -0.373. The van der Waals surface area contributed by atoms with Crippen LogP contribution in [0.1, 0.15) is 25.5 Å². The van der Waals surface area contributed by atoms with Crippen LogP contribution in [-0.2, 0) is 55.6 Å². The largest absolute Gasteiger partial charge is 0.394 e. The van der Waals surface area contributed by atoms with Gasteiger partial charge in [0.25, 0.3) is 0 Å². The molecule has 17 N–H and O–H groups in total. The Morgan fingerprint density at radius 2 is 1.32 bits per heavy atom. The van der Waals surface area contributed by atoms with Gasteiger partial charge in [-0.25, -0.2) is 4.68 Å². The van der Waals surface area contributed by atoms with Crippen molar-refractivity contribution < 1.29 is 124 Å². The SMILES string of the molecule is CC1O[C@H](O[C@@H]2C(CO)O[C@H](O[C@@H]3C(CO)O[C@@H](OCCCc4cn(C[C@H]5O[C@@](CCl)(O[C@H]6O[C@H](CO)[C@H](Cl)[C@H](O)[C@H]6O)[C@@H](O)[C@@H]5O)nn4)C(O)[C@H]3O)C(O)[C@H]2O)C(O)C[C@@H]1N[C@H]1C=C(CO)[C@@H](O)[C@H](O)[C@H]1O. The van der Waals surface area contributed by atoms with Crippen LogP contribution in [0, 0.1) is 0 Å². The number of hydrogen-bond donors (Lipinski definition) is 17. The summed E-state index contributed by atoms with van der Waals surface area (Å²) in [6.07, 6.45) is -32.2. The van der Waals surface area contributed by atoms with Crippen molar-refractivity contribution in [2.45, 2.75) is 197 Å². The Morgan fingerprint density at radius 3 is 1.95 bits per heavy atom. The summed E-state index contributed by atoms with van der Waals surface area (Å²) in [6, 6.07) is -1.61. The van der Waals surface area contributed by atoms with E-state index >= 15 is 0 Å². The van der Waals surface area contributed by atoms with E-state index in [4.69, 9.17) is 65.8 Å². The van der Waals surface area contributed by atoms with Crippen LogP contribution in [-0.4, -0.2) is 300 Å². The minimum absolute atomic E-state index is 0.0632. The van der Waals surface area contributed by atoms with Crippen LogP contribution in [0.5, 0.6) is 0 Å². The molecule has 1 aliphatic carbocycles. The van der Waals surface area contributed by atoms with Crippen molar-refractivity contribution in [3.63, 3.8) is 0 Å². The molecule has 1 aromatic heterocycles. The summed E-state index contributed by atoms with van der Waals surface area (Å²) in [7, 11) is 0. The van der Waals surface area contributed by atoms with Gasteiger partial charge in [0.1, 0.15) is 110 Å². The molecule has 5 fully saturated rings. The molecule has 0 saturated carbocycles. The van der Waals surface area contributed by atoms with E-state index in [1.54, 1.807) is 6.92 Å². The molecule has 29 nitrogen and oxygen atoms in total. The number of alkyl halides is 2. The quantitative estimate of drug-likeness (QED) is 0.0327. The highest BCUT2D eigenvalue weighted by atomic mass is 35.5. The molecule has 27 atom stereocenters. The third kappa shape index (κ3) is 12.7. The number of hydrogen-bond acceptors (Lipinski definition) is 28. The summed E-state index contributed by atoms with van der Waals surface area (Å²) in [4.78, 5) is 0. The Morgan fingerprint density at radius 1 is 0.712 bits per heavy atom.